The summed E-state index contributed by atoms with van der Waals surface area (Å²) in [5.41, 5.74) is 2.96. The van der Waals surface area contributed by atoms with E-state index in [2.05, 4.69) is 32.1 Å². The molecule has 2 N–H and O–H groups in total. The van der Waals surface area contributed by atoms with Gasteiger partial charge in [0.15, 0.2) is 0 Å². The number of aromatic nitrogens is 3. The zero-order valence-electron chi connectivity index (χ0n) is 18.6. The molecular weight excluding hydrogens is 382 g/mol. The summed E-state index contributed by atoms with van der Waals surface area (Å²) in [6.45, 7) is 12.5. The van der Waals surface area contributed by atoms with Gasteiger partial charge in [-0.2, -0.15) is 9.97 Å². The van der Waals surface area contributed by atoms with Crippen LogP contribution in [-0.4, -0.2) is 39.5 Å². The number of nitrogens with one attached hydrogen (secondary N) is 2. The summed E-state index contributed by atoms with van der Waals surface area (Å²) < 4.78 is 5.73. The third-order valence-electron chi connectivity index (χ3n) is 5.40. The van der Waals surface area contributed by atoms with Gasteiger partial charge >= 0.3 is 6.01 Å². The molecule has 1 saturated heterocycles. The maximum atomic E-state index is 13.0. The first-order chi connectivity index (χ1) is 14.2. The Labute approximate surface area is 177 Å². The molecule has 162 valence electrons. The average Bonchev–Trinajstić information content (AvgIpc) is 3.07. The molecule has 0 aromatic carbocycles. The van der Waals surface area contributed by atoms with Crippen molar-refractivity contribution < 1.29 is 9.53 Å². The number of carbonyl (C=O) groups excluding carboxylic acids is 1. The highest BCUT2D eigenvalue weighted by molar-refractivity contribution is 5.95. The first-order valence-electron chi connectivity index (χ1n) is 10.5. The number of amides is 1. The molecule has 2 aromatic rings. The molecule has 0 radical (unpaired) electrons. The van der Waals surface area contributed by atoms with Crippen LogP contribution in [0.15, 0.2) is 10.9 Å². The number of ether oxygens (including phenoxy) is 1. The highest BCUT2D eigenvalue weighted by atomic mass is 16.5. The number of pyridine rings is 1. The van der Waals surface area contributed by atoms with Crippen LogP contribution in [0.4, 0.5) is 5.82 Å². The van der Waals surface area contributed by atoms with Crippen molar-refractivity contribution in [2.24, 2.45) is 0 Å². The fourth-order valence-corrected chi connectivity index (χ4v) is 3.85. The van der Waals surface area contributed by atoms with Crippen molar-refractivity contribution in [2.45, 2.75) is 73.1 Å². The molecule has 0 aliphatic carbocycles. The number of nitrogens with zero attached hydrogens (tertiary/aromatic N) is 3. The second-order valence-electron chi connectivity index (χ2n) is 8.28. The number of aryl methyl sites for hydroxylation is 2. The maximum absolute atomic E-state index is 13.0. The zero-order chi connectivity index (χ0) is 22.0. The monoisotopic (exact) mass is 413 g/mol. The zero-order valence-corrected chi connectivity index (χ0v) is 18.6. The molecule has 3 heterocycles. The van der Waals surface area contributed by atoms with E-state index in [0.717, 1.165) is 36.5 Å². The second kappa shape index (κ2) is 8.85. The largest absolute Gasteiger partial charge is 0.461 e. The van der Waals surface area contributed by atoms with Crippen LogP contribution in [0, 0.1) is 20.8 Å². The normalized spacial score (nSPS) is 16.2. The van der Waals surface area contributed by atoms with Gasteiger partial charge in [0.05, 0.1) is 6.10 Å². The Hall–Kier alpha value is -2.90. The van der Waals surface area contributed by atoms with Crippen molar-refractivity contribution in [1.82, 2.24) is 20.3 Å². The first-order valence-corrected chi connectivity index (χ1v) is 10.5. The van der Waals surface area contributed by atoms with Gasteiger partial charge < -0.3 is 19.9 Å². The Morgan fingerprint density at radius 2 is 2.07 bits per heavy atom. The summed E-state index contributed by atoms with van der Waals surface area (Å²) in [5, 5.41) is 2.84. The molecule has 8 heteroatoms. The van der Waals surface area contributed by atoms with Gasteiger partial charge in [-0.15, -0.1) is 0 Å². The summed E-state index contributed by atoms with van der Waals surface area (Å²) in [5.74, 6) is 0.385. The summed E-state index contributed by atoms with van der Waals surface area (Å²) in [7, 11) is 0. The Morgan fingerprint density at radius 1 is 1.33 bits per heavy atom. The fourth-order valence-electron chi connectivity index (χ4n) is 3.85. The summed E-state index contributed by atoms with van der Waals surface area (Å²) in [6.07, 6.45) is 2.06. The van der Waals surface area contributed by atoms with Gasteiger partial charge in [-0.05, 0) is 66.0 Å². The molecule has 1 amide bonds. The highest BCUT2D eigenvalue weighted by Crippen LogP contribution is 2.29. The van der Waals surface area contributed by atoms with Crippen molar-refractivity contribution >= 4 is 11.7 Å². The molecule has 1 aliphatic heterocycles. The molecule has 0 spiro atoms. The quantitative estimate of drug-likeness (QED) is 0.755. The minimum absolute atomic E-state index is 0.110. The van der Waals surface area contributed by atoms with Gasteiger partial charge in [-0.1, -0.05) is 0 Å². The minimum Gasteiger partial charge on any atom is -0.461 e. The SMILES string of the molecule is Cc1cc(C)c(CNC(=O)c2nc(OC(C)C)nc(N3CCC[C@@H]3C)c2C)c(=O)[nH]1. The van der Waals surface area contributed by atoms with E-state index in [-0.39, 0.29) is 35.8 Å². The smallest absolute Gasteiger partial charge is 0.319 e. The van der Waals surface area contributed by atoms with Gasteiger partial charge in [0.2, 0.25) is 0 Å². The van der Waals surface area contributed by atoms with Crippen LogP contribution in [0.5, 0.6) is 6.01 Å². The molecule has 1 fully saturated rings. The fraction of sp³-hybridized carbons (Fsp3) is 0.545. The van der Waals surface area contributed by atoms with Crippen LogP contribution < -0.4 is 20.5 Å². The van der Waals surface area contributed by atoms with Gasteiger partial charge in [0, 0.05) is 36.0 Å². The predicted molar refractivity (Wildman–Crippen MR) is 116 cm³/mol. The van der Waals surface area contributed by atoms with Crippen molar-refractivity contribution in [2.75, 3.05) is 11.4 Å². The highest BCUT2D eigenvalue weighted by Gasteiger charge is 2.27. The van der Waals surface area contributed by atoms with E-state index in [1.54, 1.807) is 0 Å². The predicted octanol–water partition coefficient (Wildman–Crippen LogP) is 2.80. The maximum Gasteiger partial charge on any atom is 0.319 e. The van der Waals surface area contributed by atoms with E-state index >= 15 is 0 Å². The van der Waals surface area contributed by atoms with Crippen LogP contribution in [-0.2, 0) is 6.54 Å². The van der Waals surface area contributed by atoms with E-state index < -0.39 is 0 Å². The van der Waals surface area contributed by atoms with Gasteiger partial charge in [-0.3, -0.25) is 9.59 Å². The van der Waals surface area contributed by atoms with Gasteiger partial charge in [0.1, 0.15) is 11.5 Å². The number of hydrogen-bond acceptors (Lipinski definition) is 6. The Bertz CT molecular complexity index is 999. The third kappa shape index (κ3) is 4.63. The lowest BCUT2D eigenvalue weighted by Crippen LogP contribution is -2.32. The third-order valence-corrected chi connectivity index (χ3v) is 5.40. The minimum atomic E-state index is -0.351. The van der Waals surface area contributed by atoms with Crippen molar-refractivity contribution in [3.63, 3.8) is 0 Å². The van der Waals surface area contributed by atoms with Gasteiger partial charge in [0.25, 0.3) is 11.5 Å². The van der Waals surface area contributed by atoms with Crippen LogP contribution in [0.3, 0.4) is 0 Å². The molecule has 1 aliphatic rings. The molecule has 30 heavy (non-hydrogen) atoms. The summed E-state index contributed by atoms with van der Waals surface area (Å²) in [4.78, 5) is 39.3. The van der Waals surface area contributed by atoms with Gasteiger partial charge in [-0.25, -0.2) is 0 Å². The number of anilines is 1. The van der Waals surface area contributed by atoms with Crippen LogP contribution in [0.1, 0.15) is 66.5 Å². The molecule has 8 nitrogen and oxygen atoms in total. The number of hydrogen-bond donors (Lipinski definition) is 2. The molecule has 0 saturated carbocycles. The van der Waals surface area contributed by atoms with E-state index in [0.29, 0.717) is 17.2 Å². The van der Waals surface area contributed by atoms with Crippen LogP contribution in [0.25, 0.3) is 0 Å². The average molecular weight is 414 g/mol. The molecule has 0 bridgehead atoms. The van der Waals surface area contributed by atoms with E-state index in [1.165, 1.54) is 0 Å². The molecule has 3 rings (SSSR count). The van der Waals surface area contributed by atoms with E-state index in [4.69, 9.17) is 4.74 Å². The van der Waals surface area contributed by atoms with E-state index in [1.807, 2.05) is 40.7 Å². The second-order valence-corrected chi connectivity index (χ2v) is 8.28. The number of H-pyrrole nitrogens is 1. The molecule has 2 aromatic heterocycles. The lowest BCUT2D eigenvalue weighted by Gasteiger charge is -2.25. The number of rotatable bonds is 6. The molecule has 0 unspecified atom stereocenters. The van der Waals surface area contributed by atoms with Crippen molar-refractivity contribution in [3.8, 4) is 6.01 Å². The number of carbonyl (C=O) groups is 1. The Morgan fingerprint density at radius 3 is 2.67 bits per heavy atom. The Balaban J connectivity index is 1.91. The van der Waals surface area contributed by atoms with Crippen LogP contribution >= 0.6 is 0 Å². The summed E-state index contributed by atoms with van der Waals surface area (Å²) >= 11 is 0. The molecular formula is C22H31N5O3. The van der Waals surface area contributed by atoms with Crippen LogP contribution in [0.2, 0.25) is 0 Å². The van der Waals surface area contributed by atoms with E-state index in [9.17, 15) is 9.59 Å². The lowest BCUT2D eigenvalue weighted by molar-refractivity contribution is 0.0942. The Kier molecular flexibility index (Phi) is 6.43. The summed E-state index contributed by atoms with van der Waals surface area (Å²) in [6, 6.07) is 2.43. The lowest BCUT2D eigenvalue weighted by atomic mass is 10.1. The first kappa shape index (κ1) is 21.8. The standard InChI is InChI=1S/C22H31N5O3/c1-12(2)30-22-25-18(16(6)19(26-22)27-9-7-8-15(27)5)21(29)23-11-17-13(3)10-14(4)24-20(17)28/h10,12,15H,7-9,11H2,1-6H3,(H,23,29)(H,24,28)/t15-/m0/s1. The molecule has 1 atom stereocenters. The topological polar surface area (TPSA) is 100 Å². The van der Waals surface area contributed by atoms with Crippen molar-refractivity contribution in [1.29, 1.82) is 0 Å². The number of aromatic amines is 1. The van der Waals surface area contributed by atoms with Crippen molar-refractivity contribution in [3.05, 3.63) is 44.5 Å².